The first kappa shape index (κ1) is 15.8. The predicted octanol–water partition coefficient (Wildman–Crippen LogP) is -0.780. The van der Waals surface area contributed by atoms with Crippen LogP contribution in [0, 0.1) is 0 Å². The van der Waals surface area contributed by atoms with Crippen molar-refractivity contribution in [2.45, 2.75) is 57.3 Å². The quantitative estimate of drug-likeness (QED) is 0.451. The van der Waals surface area contributed by atoms with Gasteiger partial charge < -0.3 is 30.1 Å². The van der Waals surface area contributed by atoms with E-state index in [-0.39, 0.29) is 6.61 Å². The maximum atomic E-state index is 10.0. The van der Waals surface area contributed by atoms with Crippen LogP contribution < -0.4 is 5.32 Å². The van der Waals surface area contributed by atoms with Crippen molar-refractivity contribution in [2.24, 2.45) is 0 Å². The van der Waals surface area contributed by atoms with Gasteiger partial charge in [0.15, 0.2) is 6.29 Å². The van der Waals surface area contributed by atoms with Gasteiger partial charge in [0.2, 0.25) is 0 Å². The predicted molar refractivity (Wildman–Crippen MR) is 66.1 cm³/mol. The minimum atomic E-state index is -1.10. The van der Waals surface area contributed by atoms with Gasteiger partial charge in [-0.25, -0.2) is 0 Å². The molecule has 1 heterocycles. The smallest absolute Gasteiger partial charge is 0.186 e. The van der Waals surface area contributed by atoms with Crippen LogP contribution >= 0.6 is 0 Å². The average Bonchev–Trinajstić information content (AvgIpc) is 2.38. The zero-order chi connectivity index (χ0) is 13.5. The van der Waals surface area contributed by atoms with Crippen molar-refractivity contribution in [2.75, 3.05) is 19.8 Å². The molecule has 6 heteroatoms. The maximum absolute atomic E-state index is 10.0. The molecule has 5 atom stereocenters. The molecule has 0 radical (unpaired) electrons. The van der Waals surface area contributed by atoms with Gasteiger partial charge in [-0.05, 0) is 13.0 Å². The Kier molecular flexibility index (Phi) is 7.06. The van der Waals surface area contributed by atoms with Crippen molar-refractivity contribution in [1.29, 1.82) is 0 Å². The SMILES string of the molecule is CCCCOC1O[C@H](CO)[C@@H](NCC)[C@H](O)[C@H]1O. The fourth-order valence-electron chi connectivity index (χ4n) is 2.06. The molecule has 0 aromatic carbocycles. The summed E-state index contributed by atoms with van der Waals surface area (Å²) in [7, 11) is 0. The summed E-state index contributed by atoms with van der Waals surface area (Å²) >= 11 is 0. The monoisotopic (exact) mass is 263 g/mol. The average molecular weight is 263 g/mol. The molecule has 0 amide bonds. The molecule has 0 spiro atoms. The summed E-state index contributed by atoms with van der Waals surface area (Å²) in [5.74, 6) is 0. The number of unbranched alkanes of at least 4 members (excludes halogenated alkanes) is 1. The van der Waals surface area contributed by atoms with Crippen LogP contribution in [0.3, 0.4) is 0 Å². The Labute approximate surface area is 108 Å². The minimum absolute atomic E-state index is 0.227. The van der Waals surface area contributed by atoms with Crippen LogP contribution in [-0.4, -0.2) is 65.7 Å². The molecule has 1 aliphatic rings. The van der Waals surface area contributed by atoms with E-state index in [0.29, 0.717) is 13.2 Å². The van der Waals surface area contributed by atoms with Crippen molar-refractivity contribution in [3.05, 3.63) is 0 Å². The summed E-state index contributed by atoms with van der Waals surface area (Å²) in [6.07, 6.45) is -1.72. The molecule has 0 aliphatic carbocycles. The van der Waals surface area contributed by atoms with Gasteiger partial charge in [-0.15, -0.1) is 0 Å². The highest BCUT2D eigenvalue weighted by atomic mass is 16.7. The standard InChI is InChI=1S/C12H25NO5/c1-3-5-6-17-12-11(16)10(15)9(13-4-2)8(7-14)18-12/h8-16H,3-7H2,1-2H3/t8-,9-,10+,11-,12?/m1/s1. The van der Waals surface area contributed by atoms with Crippen LogP contribution in [0.25, 0.3) is 0 Å². The third kappa shape index (κ3) is 3.88. The molecule has 4 N–H and O–H groups in total. The van der Waals surface area contributed by atoms with Gasteiger partial charge in [0.05, 0.1) is 12.6 Å². The van der Waals surface area contributed by atoms with Crippen LogP contribution in [0.2, 0.25) is 0 Å². The lowest BCUT2D eigenvalue weighted by Crippen LogP contribution is -2.63. The van der Waals surface area contributed by atoms with Gasteiger partial charge in [-0.1, -0.05) is 20.3 Å². The van der Waals surface area contributed by atoms with Crippen LogP contribution in [-0.2, 0) is 9.47 Å². The van der Waals surface area contributed by atoms with Gasteiger partial charge in [0, 0.05) is 6.61 Å². The second-order valence-corrected chi connectivity index (χ2v) is 4.51. The molecule has 18 heavy (non-hydrogen) atoms. The lowest BCUT2D eigenvalue weighted by Gasteiger charge is -2.42. The first-order chi connectivity index (χ1) is 8.65. The lowest BCUT2D eigenvalue weighted by atomic mass is 9.96. The van der Waals surface area contributed by atoms with Gasteiger partial charge in [0.1, 0.15) is 18.3 Å². The van der Waals surface area contributed by atoms with E-state index < -0.39 is 30.6 Å². The number of nitrogens with one attached hydrogen (secondary N) is 1. The fraction of sp³-hybridized carbons (Fsp3) is 1.00. The lowest BCUT2D eigenvalue weighted by molar-refractivity contribution is -0.280. The molecule has 108 valence electrons. The Bertz CT molecular complexity index is 227. The third-order valence-corrected chi connectivity index (χ3v) is 3.11. The fourth-order valence-corrected chi connectivity index (χ4v) is 2.06. The van der Waals surface area contributed by atoms with E-state index in [4.69, 9.17) is 9.47 Å². The molecule has 0 aromatic rings. The Morgan fingerprint density at radius 1 is 1.22 bits per heavy atom. The van der Waals surface area contributed by atoms with Crippen molar-refractivity contribution in [3.63, 3.8) is 0 Å². The van der Waals surface area contributed by atoms with E-state index in [1.807, 2.05) is 13.8 Å². The van der Waals surface area contributed by atoms with E-state index in [1.165, 1.54) is 0 Å². The highest BCUT2D eigenvalue weighted by Crippen LogP contribution is 2.22. The van der Waals surface area contributed by atoms with E-state index >= 15 is 0 Å². The molecule has 1 saturated heterocycles. The Hall–Kier alpha value is -0.240. The molecule has 0 saturated carbocycles. The summed E-state index contributed by atoms with van der Waals surface area (Å²) < 4.78 is 10.9. The number of rotatable bonds is 7. The minimum Gasteiger partial charge on any atom is -0.394 e. The Morgan fingerprint density at radius 2 is 1.94 bits per heavy atom. The van der Waals surface area contributed by atoms with Gasteiger partial charge in [-0.3, -0.25) is 0 Å². The number of aliphatic hydroxyl groups excluding tert-OH is 3. The largest absolute Gasteiger partial charge is 0.394 e. The van der Waals surface area contributed by atoms with Gasteiger partial charge in [-0.2, -0.15) is 0 Å². The number of ether oxygens (including phenoxy) is 2. The van der Waals surface area contributed by atoms with Crippen LogP contribution in [0.5, 0.6) is 0 Å². The van der Waals surface area contributed by atoms with E-state index in [9.17, 15) is 15.3 Å². The van der Waals surface area contributed by atoms with Gasteiger partial charge >= 0.3 is 0 Å². The first-order valence-electron chi connectivity index (χ1n) is 6.63. The summed E-state index contributed by atoms with van der Waals surface area (Å²) in [6, 6.07) is -0.485. The van der Waals surface area contributed by atoms with E-state index in [0.717, 1.165) is 12.8 Å². The van der Waals surface area contributed by atoms with Crippen molar-refractivity contribution >= 4 is 0 Å². The van der Waals surface area contributed by atoms with Crippen molar-refractivity contribution in [3.8, 4) is 0 Å². The molecule has 6 nitrogen and oxygen atoms in total. The van der Waals surface area contributed by atoms with E-state index in [2.05, 4.69) is 5.32 Å². The van der Waals surface area contributed by atoms with Crippen LogP contribution in [0.1, 0.15) is 26.7 Å². The Balaban J connectivity index is 2.58. The van der Waals surface area contributed by atoms with Crippen molar-refractivity contribution < 1.29 is 24.8 Å². The molecule has 0 bridgehead atoms. The number of likely N-dealkylation sites (N-methyl/N-ethyl adjacent to an activating group) is 1. The molecule has 1 unspecified atom stereocenters. The zero-order valence-corrected chi connectivity index (χ0v) is 11.1. The highest BCUT2D eigenvalue weighted by Gasteiger charge is 2.44. The second kappa shape index (κ2) is 8.04. The summed E-state index contributed by atoms with van der Waals surface area (Å²) in [5.41, 5.74) is 0. The number of hydrogen-bond donors (Lipinski definition) is 4. The number of hydrogen-bond acceptors (Lipinski definition) is 6. The third-order valence-electron chi connectivity index (χ3n) is 3.11. The maximum Gasteiger partial charge on any atom is 0.186 e. The Morgan fingerprint density at radius 3 is 2.50 bits per heavy atom. The highest BCUT2D eigenvalue weighted by molar-refractivity contribution is 4.93. The summed E-state index contributed by atoms with van der Waals surface area (Å²) in [5, 5.41) is 32.2. The van der Waals surface area contributed by atoms with Crippen LogP contribution in [0.15, 0.2) is 0 Å². The summed E-state index contributed by atoms with van der Waals surface area (Å²) in [6.45, 7) is 4.78. The zero-order valence-electron chi connectivity index (χ0n) is 11.1. The van der Waals surface area contributed by atoms with Crippen LogP contribution in [0.4, 0.5) is 0 Å². The topological polar surface area (TPSA) is 91.2 Å². The van der Waals surface area contributed by atoms with E-state index in [1.54, 1.807) is 0 Å². The second-order valence-electron chi connectivity index (χ2n) is 4.51. The number of aliphatic hydroxyl groups is 3. The van der Waals surface area contributed by atoms with Crippen molar-refractivity contribution in [1.82, 2.24) is 5.32 Å². The van der Waals surface area contributed by atoms with Gasteiger partial charge in [0.25, 0.3) is 0 Å². The molecular formula is C12H25NO5. The molecule has 1 aliphatic heterocycles. The molecule has 1 rings (SSSR count). The molecule has 0 aromatic heterocycles. The molecule has 1 fully saturated rings. The molecular weight excluding hydrogens is 238 g/mol. The first-order valence-corrected chi connectivity index (χ1v) is 6.63. The summed E-state index contributed by atoms with van der Waals surface area (Å²) in [4.78, 5) is 0. The normalized spacial score (nSPS) is 36.8.